The minimum absolute atomic E-state index is 0.0291. The van der Waals surface area contributed by atoms with E-state index in [2.05, 4.69) is 0 Å². The normalized spacial score (nSPS) is 18.2. The molecule has 1 aliphatic rings. The fourth-order valence-corrected chi connectivity index (χ4v) is 3.29. The van der Waals surface area contributed by atoms with E-state index in [1.807, 2.05) is 30.3 Å². The average Bonchev–Trinajstić information content (AvgIpc) is 2.51. The molecule has 106 valence electrons. The maximum atomic E-state index is 12.1. The van der Waals surface area contributed by atoms with Crippen LogP contribution >= 0.6 is 0 Å². The molecule has 0 amide bonds. The molecule has 1 aliphatic carbocycles. The molecule has 2 aromatic rings. The van der Waals surface area contributed by atoms with Gasteiger partial charge in [-0.2, -0.15) is 0 Å². The Labute approximate surface area is 118 Å². The first-order valence-corrected chi connectivity index (χ1v) is 7.52. The van der Waals surface area contributed by atoms with Crippen molar-refractivity contribution in [3.63, 3.8) is 0 Å². The second-order valence-corrected chi connectivity index (χ2v) is 5.81. The van der Waals surface area contributed by atoms with Crippen molar-refractivity contribution in [3.05, 3.63) is 46.8 Å². The summed E-state index contributed by atoms with van der Waals surface area (Å²) in [5, 5.41) is 11.5. The zero-order chi connectivity index (χ0) is 13.9. The zero-order valence-corrected chi connectivity index (χ0v) is 11.7. The van der Waals surface area contributed by atoms with Gasteiger partial charge in [0.25, 0.3) is 5.56 Å². The molecule has 0 bridgehead atoms. The van der Waals surface area contributed by atoms with Gasteiger partial charge in [-0.1, -0.05) is 37.5 Å². The largest absolute Gasteiger partial charge is 0.391 e. The maximum absolute atomic E-state index is 12.1. The second-order valence-electron chi connectivity index (χ2n) is 5.81. The number of pyridine rings is 1. The monoisotopic (exact) mass is 271 g/mol. The molecule has 1 fully saturated rings. The Morgan fingerprint density at radius 3 is 2.65 bits per heavy atom. The molecule has 3 nitrogen and oxygen atoms in total. The van der Waals surface area contributed by atoms with Crippen LogP contribution in [0.2, 0.25) is 0 Å². The zero-order valence-electron chi connectivity index (χ0n) is 11.7. The number of aromatic nitrogens is 1. The summed E-state index contributed by atoms with van der Waals surface area (Å²) in [4.78, 5) is 12.1. The topological polar surface area (TPSA) is 42.2 Å². The number of hydrogen-bond acceptors (Lipinski definition) is 2. The van der Waals surface area contributed by atoms with Crippen molar-refractivity contribution in [2.24, 2.45) is 5.92 Å². The van der Waals surface area contributed by atoms with E-state index in [1.54, 1.807) is 10.6 Å². The Bertz CT molecular complexity index is 641. The highest BCUT2D eigenvalue weighted by Crippen LogP contribution is 2.27. The summed E-state index contributed by atoms with van der Waals surface area (Å²) in [7, 11) is 0. The number of rotatable bonds is 3. The molecule has 1 atom stereocenters. The minimum Gasteiger partial charge on any atom is -0.391 e. The van der Waals surface area contributed by atoms with Crippen LogP contribution in [0, 0.1) is 5.92 Å². The average molecular weight is 271 g/mol. The number of fused-ring (bicyclic) bond motifs is 1. The van der Waals surface area contributed by atoms with Crippen LogP contribution in [0.25, 0.3) is 10.9 Å². The summed E-state index contributed by atoms with van der Waals surface area (Å²) in [6.07, 6.45) is 5.43. The number of aliphatic hydroxyl groups is 1. The number of aliphatic hydroxyl groups excluding tert-OH is 1. The Morgan fingerprint density at radius 2 is 1.85 bits per heavy atom. The van der Waals surface area contributed by atoms with Crippen molar-refractivity contribution in [1.29, 1.82) is 0 Å². The molecular formula is C17H21NO2. The van der Waals surface area contributed by atoms with Gasteiger partial charge in [0.15, 0.2) is 0 Å². The van der Waals surface area contributed by atoms with Crippen molar-refractivity contribution < 1.29 is 5.11 Å². The highest BCUT2D eigenvalue weighted by atomic mass is 16.3. The van der Waals surface area contributed by atoms with E-state index in [0.29, 0.717) is 12.5 Å². The first kappa shape index (κ1) is 13.4. The number of hydrogen-bond donors (Lipinski definition) is 1. The Morgan fingerprint density at radius 1 is 1.10 bits per heavy atom. The van der Waals surface area contributed by atoms with Gasteiger partial charge < -0.3 is 9.67 Å². The van der Waals surface area contributed by atoms with Crippen LogP contribution in [-0.4, -0.2) is 15.8 Å². The number of nitrogens with zero attached hydrogens (tertiary/aromatic N) is 1. The lowest BCUT2D eigenvalue weighted by atomic mass is 9.85. The summed E-state index contributed by atoms with van der Waals surface area (Å²) >= 11 is 0. The third-order valence-electron chi connectivity index (χ3n) is 4.46. The predicted molar refractivity (Wildman–Crippen MR) is 80.8 cm³/mol. The van der Waals surface area contributed by atoms with E-state index in [4.69, 9.17) is 0 Å². The van der Waals surface area contributed by atoms with Gasteiger partial charge in [-0.25, -0.2) is 0 Å². The first-order chi connectivity index (χ1) is 9.75. The summed E-state index contributed by atoms with van der Waals surface area (Å²) in [5.74, 6) is 0.342. The van der Waals surface area contributed by atoms with Gasteiger partial charge in [0, 0.05) is 6.07 Å². The molecule has 1 aromatic carbocycles. The first-order valence-electron chi connectivity index (χ1n) is 7.52. The van der Waals surface area contributed by atoms with Gasteiger partial charge in [0.05, 0.1) is 18.2 Å². The maximum Gasteiger partial charge on any atom is 0.251 e. The van der Waals surface area contributed by atoms with Crippen molar-refractivity contribution in [2.45, 2.75) is 44.8 Å². The molecule has 1 unspecified atom stereocenters. The highest BCUT2D eigenvalue weighted by molar-refractivity contribution is 5.78. The van der Waals surface area contributed by atoms with Gasteiger partial charge in [-0.3, -0.25) is 4.79 Å². The van der Waals surface area contributed by atoms with Crippen molar-refractivity contribution in [3.8, 4) is 0 Å². The molecule has 20 heavy (non-hydrogen) atoms. The quantitative estimate of drug-likeness (QED) is 0.932. The van der Waals surface area contributed by atoms with Crippen molar-refractivity contribution in [2.75, 3.05) is 0 Å². The van der Waals surface area contributed by atoms with Gasteiger partial charge in [0.2, 0.25) is 0 Å². The van der Waals surface area contributed by atoms with E-state index in [0.717, 1.165) is 23.7 Å². The molecule has 0 aliphatic heterocycles. The van der Waals surface area contributed by atoms with Gasteiger partial charge in [-0.15, -0.1) is 0 Å². The Hall–Kier alpha value is -1.61. The van der Waals surface area contributed by atoms with Crippen LogP contribution in [0.4, 0.5) is 0 Å². The third kappa shape index (κ3) is 2.63. The van der Waals surface area contributed by atoms with Gasteiger partial charge in [0.1, 0.15) is 0 Å². The molecule has 0 saturated heterocycles. The molecule has 0 spiro atoms. The predicted octanol–water partition coefficient (Wildman–Crippen LogP) is 2.94. The smallest absolute Gasteiger partial charge is 0.251 e. The molecule has 1 saturated carbocycles. The van der Waals surface area contributed by atoms with Crippen LogP contribution in [0.5, 0.6) is 0 Å². The van der Waals surface area contributed by atoms with Gasteiger partial charge in [-0.05, 0) is 36.3 Å². The standard InChI is InChI=1S/C17H21NO2/c19-16(14-7-2-1-3-8-14)12-18-15-9-5-4-6-13(15)10-11-17(18)20/h4-6,9-11,14,16,19H,1-3,7-8,12H2. The van der Waals surface area contributed by atoms with Crippen LogP contribution in [0.1, 0.15) is 32.1 Å². The van der Waals surface area contributed by atoms with E-state index in [9.17, 15) is 9.90 Å². The lowest BCUT2D eigenvalue weighted by molar-refractivity contribution is 0.0698. The van der Waals surface area contributed by atoms with E-state index < -0.39 is 6.10 Å². The lowest BCUT2D eigenvalue weighted by Crippen LogP contribution is -2.32. The van der Waals surface area contributed by atoms with Crippen molar-refractivity contribution >= 4 is 10.9 Å². The Kier molecular flexibility index (Phi) is 3.88. The lowest BCUT2D eigenvalue weighted by Gasteiger charge is -2.27. The molecule has 3 heteroatoms. The van der Waals surface area contributed by atoms with Gasteiger partial charge >= 0.3 is 0 Å². The number of para-hydroxylation sites is 1. The third-order valence-corrected chi connectivity index (χ3v) is 4.46. The van der Waals surface area contributed by atoms with E-state index in [-0.39, 0.29) is 5.56 Å². The fraction of sp³-hybridized carbons (Fsp3) is 0.471. The van der Waals surface area contributed by atoms with Crippen LogP contribution < -0.4 is 5.56 Å². The summed E-state index contributed by atoms with van der Waals surface area (Å²) in [6.45, 7) is 0.408. The van der Waals surface area contributed by atoms with E-state index >= 15 is 0 Å². The molecule has 3 rings (SSSR count). The van der Waals surface area contributed by atoms with Crippen LogP contribution in [0.3, 0.4) is 0 Å². The fourth-order valence-electron chi connectivity index (χ4n) is 3.29. The molecule has 1 aromatic heterocycles. The molecule has 1 N–H and O–H groups in total. The SMILES string of the molecule is O=c1ccc2ccccc2n1CC(O)C1CCCCC1. The number of benzene rings is 1. The second kappa shape index (κ2) is 5.80. The van der Waals surface area contributed by atoms with Crippen LogP contribution in [0.15, 0.2) is 41.2 Å². The molecule has 1 heterocycles. The van der Waals surface area contributed by atoms with Crippen LogP contribution in [-0.2, 0) is 6.54 Å². The molecule has 0 radical (unpaired) electrons. The molecular weight excluding hydrogens is 250 g/mol. The van der Waals surface area contributed by atoms with E-state index in [1.165, 1.54) is 19.3 Å². The highest BCUT2D eigenvalue weighted by Gasteiger charge is 2.22. The summed E-state index contributed by atoms with van der Waals surface area (Å²) < 4.78 is 1.72. The Balaban J connectivity index is 1.89. The van der Waals surface area contributed by atoms with Crippen molar-refractivity contribution in [1.82, 2.24) is 4.57 Å². The summed E-state index contributed by atoms with van der Waals surface area (Å²) in [6, 6.07) is 11.3. The minimum atomic E-state index is -0.418. The summed E-state index contributed by atoms with van der Waals surface area (Å²) in [5.41, 5.74) is 0.883.